The second-order valence-electron chi connectivity index (χ2n) is 9.90. The number of hydrogen-bond acceptors (Lipinski definition) is 4. The molecule has 7 heteroatoms. The molecule has 3 heterocycles. The first-order valence-corrected chi connectivity index (χ1v) is 13.3. The van der Waals surface area contributed by atoms with Crippen LogP contribution in [0.4, 0.5) is 0 Å². The maximum absolute atomic E-state index is 13.4. The van der Waals surface area contributed by atoms with Gasteiger partial charge in [-0.15, -0.1) is 0 Å². The highest BCUT2D eigenvalue weighted by Gasteiger charge is 2.34. The Morgan fingerprint density at radius 2 is 1.97 bits per heavy atom. The van der Waals surface area contributed by atoms with Gasteiger partial charge in [0, 0.05) is 36.3 Å². The third-order valence-electron chi connectivity index (χ3n) is 7.45. The van der Waals surface area contributed by atoms with Gasteiger partial charge in [-0.2, -0.15) is 0 Å². The molecule has 1 amide bonds. The molecule has 3 unspecified atom stereocenters. The second kappa shape index (κ2) is 11.3. The number of pyridine rings is 1. The molecular formula is C28H32Cl2N4O. The van der Waals surface area contributed by atoms with Gasteiger partial charge in [-0.1, -0.05) is 35.3 Å². The summed E-state index contributed by atoms with van der Waals surface area (Å²) in [5, 5.41) is 9.20. The van der Waals surface area contributed by atoms with Crippen LogP contribution in [0.25, 0.3) is 10.9 Å². The van der Waals surface area contributed by atoms with Crippen LogP contribution >= 0.6 is 23.2 Å². The van der Waals surface area contributed by atoms with Crippen molar-refractivity contribution in [2.45, 2.75) is 38.3 Å². The standard InChI is InChI=1S/C28H32Cl2N4O/c29-24-9-7-19(14-25(24)30)17-34-13-3-6-23(18-34)27(22-5-1-11-31-16-22)33-28(35)21-8-10-26-20(15-21)4-2-12-32-26/h2,4,7-10,12,14-15,22-23,27,31H,1,3,5-6,11,13,16-18H2,(H,33,35). The van der Waals surface area contributed by atoms with E-state index in [1.807, 2.05) is 42.5 Å². The Balaban J connectivity index is 1.32. The zero-order valence-electron chi connectivity index (χ0n) is 19.9. The summed E-state index contributed by atoms with van der Waals surface area (Å²) in [5.74, 6) is 0.847. The van der Waals surface area contributed by atoms with Crippen LogP contribution in [0.2, 0.25) is 10.0 Å². The van der Waals surface area contributed by atoms with E-state index < -0.39 is 0 Å². The number of fused-ring (bicyclic) bond motifs is 1. The first-order chi connectivity index (χ1) is 17.1. The maximum atomic E-state index is 13.4. The Morgan fingerprint density at radius 1 is 1.09 bits per heavy atom. The number of carbonyl (C=O) groups is 1. The summed E-state index contributed by atoms with van der Waals surface area (Å²) < 4.78 is 0. The van der Waals surface area contributed by atoms with E-state index in [2.05, 4.69) is 26.6 Å². The fraction of sp³-hybridized carbons (Fsp3) is 0.429. The molecule has 2 N–H and O–H groups in total. The first-order valence-electron chi connectivity index (χ1n) is 12.6. The molecule has 2 saturated heterocycles. The van der Waals surface area contributed by atoms with Crippen molar-refractivity contribution in [1.82, 2.24) is 20.5 Å². The molecule has 5 rings (SSSR count). The molecule has 0 spiro atoms. The third-order valence-corrected chi connectivity index (χ3v) is 8.18. The Hall–Kier alpha value is -2.18. The number of amides is 1. The fourth-order valence-corrected chi connectivity index (χ4v) is 6.00. The van der Waals surface area contributed by atoms with Crippen molar-refractivity contribution in [2.75, 3.05) is 26.2 Å². The minimum atomic E-state index is 0.00735. The highest BCUT2D eigenvalue weighted by atomic mass is 35.5. The third kappa shape index (κ3) is 5.97. The minimum absolute atomic E-state index is 0.00735. The number of piperidine rings is 2. The molecule has 2 aliphatic heterocycles. The number of halogens is 2. The van der Waals surface area contributed by atoms with Gasteiger partial charge in [-0.05, 0) is 99.1 Å². The second-order valence-corrected chi connectivity index (χ2v) is 10.7. The van der Waals surface area contributed by atoms with Crippen LogP contribution in [0, 0.1) is 11.8 Å². The largest absolute Gasteiger partial charge is 0.349 e. The fourth-order valence-electron chi connectivity index (χ4n) is 5.68. The van der Waals surface area contributed by atoms with Crippen LogP contribution in [-0.2, 0) is 6.54 Å². The molecule has 3 atom stereocenters. The Morgan fingerprint density at radius 3 is 2.80 bits per heavy atom. The molecule has 3 aromatic rings. The maximum Gasteiger partial charge on any atom is 0.251 e. The van der Waals surface area contributed by atoms with E-state index in [1.165, 1.54) is 5.56 Å². The lowest BCUT2D eigenvalue weighted by atomic mass is 9.79. The summed E-state index contributed by atoms with van der Waals surface area (Å²) >= 11 is 12.4. The smallest absolute Gasteiger partial charge is 0.251 e. The van der Waals surface area contributed by atoms with Gasteiger partial charge in [-0.3, -0.25) is 14.7 Å². The molecule has 2 aliphatic rings. The van der Waals surface area contributed by atoms with E-state index >= 15 is 0 Å². The normalized spacial score (nSPS) is 22.1. The molecule has 0 bridgehead atoms. The van der Waals surface area contributed by atoms with Crippen LogP contribution in [0.5, 0.6) is 0 Å². The van der Waals surface area contributed by atoms with Crippen LogP contribution < -0.4 is 10.6 Å². The summed E-state index contributed by atoms with van der Waals surface area (Å²) in [5.41, 5.74) is 2.77. The van der Waals surface area contributed by atoms with Crippen molar-refractivity contribution >= 4 is 40.0 Å². The van der Waals surface area contributed by atoms with Crippen molar-refractivity contribution in [3.05, 3.63) is 75.9 Å². The highest BCUT2D eigenvalue weighted by molar-refractivity contribution is 6.42. The molecule has 2 fully saturated rings. The van der Waals surface area contributed by atoms with E-state index in [0.29, 0.717) is 27.4 Å². The van der Waals surface area contributed by atoms with Crippen molar-refractivity contribution in [1.29, 1.82) is 0 Å². The van der Waals surface area contributed by atoms with Gasteiger partial charge in [0.15, 0.2) is 0 Å². The van der Waals surface area contributed by atoms with Gasteiger partial charge in [-0.25, -0.2) is 0 Å². The van der Waals surface area contributed by atoms with Crippen molar-refractivity contribution in [3.8, 4) is 0 Å². The lowest BCUT2D eigenvalue weighted by Gasteiger charge is -2.41. The SMILES string of the molecule is O=C(NC(C1CCCNC1)C1CCCN(Cc2ccc(Cl)c(Cl)c2)C1)c1ccc2ncccc2c1. The Labute approximate surface area is 217 Å². The number of likely N-dealkylation sites (tertiary alicyclic amines) is 1. The number of hydrogen-bond donors (Lipinski definition) is 2. The van der Waals surface area contributed by atoms with Gasteiger partial charge >= 0.3 is 0 Å². The lowest BCUT2D eigenvalue weighted by molar-refractivity contribution is 0.0793. The van der Waals surface area contributed by atoms with Gasteiger partial charge < -0.3 is 10.6 Å². The van der Waals surface area contributed by atoms with E-state index in [9.17, 15) is 4.79 Å². The van der Waals surface area contributed by atoms with E-state index in [0.717, 1.165) is 69.3 Å². The summed E-state index contributed by atoms with van der Waals surface area (Å²) in [7, 11) is 0. The molecule has 5 nitrogen and oxygen atoms in total. The summed E-state index contributed by atoms with van der Waals surface area (Å²) in [6, 6.07) is 15.7. The van der Waals surface area contributed by atoms with Crippen LogP contribution in [0.15, 0.2) is 54.7 Å². The number of nitrogens with one attached hydrogen (secondary N) is 2. The van der Waals surface area contributed by atoms with E-state index in [-0.39, 0.29) is 11.9 Å². The molecule has 0 saturated carbocycles. The van der Waals surface area contributed by atoms with Crippen molar-refractivity contribution in [3.63, 3.8) is 0 Å². The first kappa shape index (κ1) is 24.5. The van der Waals surface area contributed by atoms with Gasteiger partial charge in [0.2, 0.25) is 0 Å². The average molecular weight is 511 g/mol. The van der Waals surface area contributed by atoms with Crippen LogP contribution in [0.3, 0.4) is 0 Å². The monoisotopic (exact) mass is 510 g/mol. The zero-order valence-corrected chi connectivity index (χ0v) is 21.4. The topological polar surface area (TPSA) is 57.3 Å². The minimum Gasteiger partial charge on any atom is -0.349 e. The van der Waals surface area contributed by atoms with E-state index in [1.54, 1.807) is 6.20 Å². The highest BCUT2D eigenvalue weighted by Crippen LogP contribution is 2.30. The molecule has 35 heavy (non-hydrogen) atoms. The van der Waals surface area contributed by atoms with Gasteiger partial charge in [0.05, 0.1) is 15.6 Å². The predicted molar refractivity (Wildman–Crippen MR) is 143 cm³/mol. The summed E-state index contributed by atoms with van der Waals surface area (Å²) in [6.45, 7) is 4.87. The lowest BCUT2D eigenvalue weighted by Crippen LogP contribution is -2.53. The number of benzene rings is 2. The molecular weight excluding hydrogens is 479 g/mol. The van der Waals surface area contributed by atoms with Crippen molar-refractivity contribution in [2.24, 2.45) is 11.8 Å². The molecule has 1 aromatic heterocycles. The molecule has 0 radical (unpaired) electrons. The average Bonchev–Trinajstić information content (AvgIpc) is 2.89. The molecule has 0 aliphatic carbocycles. The quantitative estimate of drug-likeness (QED) is 0.456. The molecule has 2 aromatic carbocycles. The summed E-state index contributed by atoms with van der Waals surface area (Å²) in [4.78, 5) is 20.3. The zero-order chi connectivity index (χ0) is 24.2. The number of rotatable bonds is 6. The van der Waals surface area contributed by atoms with Crippen LogP contribution in [-0.4, -0.2) is 48.0 Å². The molecule has 184 valence electrons. The number of aromatic nitrogens is 1. The Kier molecular flexibility index (Phi) is 7.88. The van der Waals surface area contributed by atoms with E-state index in [4.69, 9.17) is 23.2 Å². The predicted octanol–water partition coefficient (Wildman–Crippen LogP) is 5.55. The van der Waals surface area contributed by atoms with Gasteiger partial charge in [0.25, 0.3) is 5.91 Å². The number of nitrogens with zero attached hydrogens (tertiary/aromatic N) is 2. The van der Waals surface area contributed by atoms with Gasteiger partial charge in [0.1, 0.15) is 0 Å². The van der Waals surface area contributed by atoms with Crippen LogP contribution in [0.1, 0.15) is 41.6 Å². The van der Waals surface area contributed by atoms with Crippen molar-refractivity contribution < 1.29 is 4.79 Å². The number of carbonyl (C=O) groups excluding carboxylic acids is 1. The Bertz CT molecular complexity index is 1180. The summed E-state index contributed by atoms with van der Waals surface area (Å²) in [6.07, 6.45) is 6.32.